The molecule has 2 aromatic carbocycles. The third-order valence-electron chi connectivity index (χ3n) is 3.32. The van der Waals surface area contributed by atoms with Crippen LogP contribution in [-0.2, 0) is 0 Å². The number of hydrogen-bond acceptors (Lipinski definition) is 3. The van der Waals surface area contributed by atoms with Crippen molar-refractivity contribution in [3.05, 3.63) is 69.7 Å². The zero-order valence-corrected chi connectivity index (χ0v) is 14.0. The molecule has 4 nitrogen and oxygen atoms in total. The fourth-order valence-corrected chi connectivity index (χ4v) is 2.52. The first kappa shape index (κ1) is 16.7. The summed E-state index contributed by atoms with van der Waals surface area (Å²) in [5.74, 6) is 0.562. The Labute approximate surface area is 148 Å². The van der Waals surface area contributed by atoms with Gasteiger partial charge in [-0.25, -0.2) is 10.1 Å². The van der Waals surface area contributed by atoms with E-state index in [4.69, 9.17) is 11.6 Å². The van der Waals surface area contributed by atoms with Gasteiger partial charge in [0.25, 0.3) is 0 Å². The van der Waals surface area contributed by atoms with Crippen molar-refractivity contribution < 1.29 is 9.49 Å². The quantitative estimate of drug-likeness (QED) is 0.811. The van der Waals surface area contributed by atoms with Crippen molar-refractivity contribution in [2.75, 3.05) is 13.6 Å². The van der Waals surface area contributed by atoms with Crippen LogP contribution in [0.4, 0.5) is 0 Å². The fourth-order valence-electron chi connectivity index (χ4n) is 2.34. The molecule has 1 aliphatic heterocycles. The molecular weight excluding hydrogens is 313 g/mol. The van der Waals surface area contributed by atoms with Crippen LogP contribution in [0.15, 0.2) is 58.5 Å². The molecule has 0 saturated carbocycles. The van der Waals surface area contributed by atoms with Crippen LogP contribution in [0.5, 0.6) is 0 Å². The second kappa shape index (κ2) is 7.08. The van der Waals surface area contributed by atoms with Crippen LogP contribution in [0.25, 0.3) is 5.70 Å². The largest absolute Gasteiger partial charge is 3.00 e. The van der Waals surface area contributed by atoms with E-state index in [0.717, 1.165) is 16.1 Å². The topological polar surface area (TPSA) is 48.2 Å². The molecule has 0 amide bonds. The van der Waals surface area contributed by atoms with E-state index < -0.39 is 0 Å². The van der Waals surface area contributed by atoms with Gasteiger partial charge in [-0.15, -0.1) is 0 Å². The van der Waals surface area contributed by atoms with Gasteiger partial charge in [0.15, 0.2) is 0 Å². The SMILES string of the molecule is CN=C1CN(O)C(c2ccccc2)=c2cc(Cl)ccc2=N1.[Al+3].[H-].[H-].[H-]. The van der Waals surface area contributed by atoms with Gasteiger partial charge < -0.3 is 4.28 Å². The van der Waals surface area contributed by atoms with E-state index in [1.807, 2.05) is 42.5 Å². The fraction of sp³-hybridized carbons (Fsp3) is 0.125. The number of rotatable bonds is 1. The maximum absolute atomic E-state index is 10.5. The molecule has 2 aromatic rings. The molecule has 0 aliphatic carbocycles. The normalized spacial score (nSPS) is 15.7. The van der Waals surface area contributed by atoms with E-state index >= 15 is 0 Å². The Morgan fingerprint density at radius 1 is 1.23 bits per heavy atom. The number of benzene rings is 2. The Morgan fingerprint density at radius 2 is 1.95 bits per heavy atom. The minimum atomic E-state index is 0. The molecule has 0 spiro atoms. The smallest absolute Gasteiger partial charge is 1.00 e. The zero-order chi connectivity index (χ0) is 14.8. The summed E-state index contributed by atoms with van der Waals surface area (Å²) in [5.41, 5.74) is 1.58. The molecule has 112 valence electrons. The summed E-state index contributed by atoms with van der Waals surface area (Å²) < 4.78 is 0. The molecule has 0 saturated heterocycles. The zero-order valence-electron chi connectivity index (χ0n) is 15.1. The second-order valence-electron chi connectivity index (χ2n) is 4.69. The van der Waals surface area contributed by atoms with Crippen LogP contribution >= 0.6 is 11.6 Å². The van der Waals surface area contributed by atoms with Crippen molar-refractivity contribution in [2.24, 2.45) is 9.98 Å². The van der Waals surface area contributed by atoms with Crippen molar-refractivity contribution in [3.8, 4) is 0 Å². The maximum Gasteiger partial charge on any atom is 3.00 e. The molecule has 3 rings (SSSR count). The van der Waals surface area contributed by atoms with Gasteiger partial charge in [0.05, 0.1) is 11.1 Å². The number of halogens is 1. The van der Waals surface area contributed by atoms with E-state index in [1.165, 1.54) is 5.06 Å². The second-order valence-corrected chi connectivity index (χ2v) is 5.12. The standard InChI is InChI=1S/C16H14ClN3O.Al.3H/c1-18-15-10-20(21)16(11-5-3-2-4-6-11)13-9-12(17)7-8-14(13)19-15;;;;/h2-9,21H,10H2,1H3;;;;/q;+3;3*-1. The van der Waals surface area contributed by atoms with Crippen LogP contribution < -0.4 is 10.6 Å². The summed E-state index contributed by atoms with van der Waals surface area (Å²) in [6, 6.07) is 15.1. The Bertz CT molecular complexity index is 834. The summed E-state index contributed by atoms with van der Waals surface area (Å²) in [7, 11) is 1.66. The van der Waals surface area contributed by atoms with Gasteiger partial charge in [0.1, 0.15) is 12.4 Å². The summed E-state index contributed by atoms with van der Waals surface area (Å²) in [6.45, 7) is 0.229. The Kier molecular flexibility index (Phi) is 5.38. The molecule has 0 atom stereocenters. The molecule has 0 bridgehead atoms. The van der Waals surface area contributed by atoms with Gasteiger partial charge in [-0.3, -0.25) is 10.2 Å². The van der Waals surface area contributed by atoms with Gasteiger partial charge in [0, 0.05) is 22.9 Å². The van der Waals surface area contributed by atoms with Crippen LogP contribution in [0.1, 0.15) is 9.84 Å². The first-order valence-corrected chi connectivity index (χ1v) is 6.93. The Hall–Kier alpha value is -1.64. The van der Waals surface area contributed by atoms with Crippen molar-refractivity contribution in [2.45, 2.75) is 0 Å². The number of hydroxylamine groups is 2. The molecule has 0 fully saturated rings. The van der Waals surface area contributed by atoms with E-state index in [0.29, 0.717) is 16.6 Å². The number of fused-ring (bicyclic) bond motifs is 1. The van der Waals surface area contributed by atoms with Gasteiger partial charge in [-0.2, -0.15) is 0 Å². The number of nitrogens with zero attached hydrogens (tertiary/aromatic N) is 3. The van der Waals surface area contributed by atoms with Crippen LogP contribution in [0.2, 0.25) is 5.02 Å². The summed E-state index contributed by atoms with van der Waals surface area (Å²) in [6.07, 6.45) is 0. The van der Waals surface area contributed by atoms with Crippen LogP contribution in [0.3, 0.4) is 0 Å². The number of amidine groups is 1. The molecule has 0 radical (unpaired) electrons. The third-order valence-corrected chi connectivity index (χ3v) is 3.55. The van der Waals surface area contributed by atoms with E-state index in [2.05, 4.69) is 9.98 Å². The first-order chi connectivity index (χ1) is 10.2. The molecule has 22 heavy (non-hydrogen) atoms. The van der Waals surface area contributed by atoms with Crippen molar-refractivity contribution in [1.82, 2.24) is 5.06 Å². The minimum Gasteiger partial charge on any atom is -1.00 e. The maximum atomic E-state index is 10.5. The van der Waals surface area contributed by atoms with Crippen LogP contribution in [-0.4, -0.2) is 47.1 Å². The molecule has 1 aliphatic rings. The number of aliphatic imine (C=N–C) groups is 1. The first-order valence-electron chi connectivity index (χ1n) is 6.55. The summed E-state index contributed by atoms with van der Waals surface area (Å²) in [4.78, 5) is 8.60. The average molecular weight is 330 g/mol. The predicted molar refractivity (Wildman–Crippen MR) is 92.1 cm³/mol. The van der Waals surface area contributed by atoms with Crippen molar-refractivity contribution in [1.29, 1.82) is 0 Å². The third kappa shape index (κ3) is 3.24. The summed E-state index contributed by atoms with van der Waals surface area (Å²) in [5, 5.41) is 13.8. The van der Waals surface area contributed by atoms with Gasteiger partial charge in [-0.1, -0.05) is 41.9 Å². The molecule has 1 N–H and O–H groups in total. The average Bonchev–Trinajstić information content (AvgIpc) is 2.63. The van der Waals surface area contributed by atoms with Crippen LogP contribution in [0, 0.1) is 0 Å². The molecule has 1 heterocycles. The molecule has 0 unspecified atom stereocenters. The van der Waals surface area contributed by atoms with Crippen molar-refractivity contribution >= 4 is 40.5 Å². The van der Waals surface area contributed by atoms with E-state index in [9.17, 15) is 5.21 Å². The minimum absolute atomic E-state index is 0. The van der Waals surface area contributed by atoms with E-state index in [-0.39, 0.29) is 28.2 Å². The predicted octanol–water partition coefficient (Wildman–Crippen LogP) is 1.81. The Morgan fingerprint density at radius 3 is 2.64 bits per heavy atom. The van der Waals surface area contributed by atoms with Gasteiger partial charge in [-0.05, 0) is 18.2 Å². The van der Waals surface area contributed by atoms with Gasteiger partial charge >= 0.3 is 17.4 Å². The molecule has 0 aromatic heterocycles. The monoisotopic (exact) mass is 329 g/mol. The Balaban J connectivity index is 0. The van der Waals surface area contributed by atoms with E-state index in [1.54, 1.807) is 13.1 Å². The molecular formula is C16H17AlClN3O. The number of hydrogen-bond donors (Lipinski definition) is 1. The molecule has 6 heteroatoms. The van der Waals surface area contributed by atoms with Gasteiger partial charge in [0.2, 0.25) is 0 Å². The van der Waals surface area contributed by atoms with Crippen molar-refractivity contribution in [3.63, 3.8) is 0 Å². The summed E-state index contributed by atoms with van der Waals surface area (Å²) >= 11 is 6.12.